The minimum atomic E-state index is -6.41. The maximum atomic E-state index is 13.3. The van der Waals surface area contributed by atoms with E-state index in [0.717, 1.165) is 0 Å². The van der Waals surface area contributed by atoms with Crippen LogP contribution in [0.1, 0.15) is 13.8 Å². The molecular weight excluding hydrogens is 261 g/mol. The lowest BCUT2D eigenvalue weighted by molar-refractivity contribution is -0.350. The first-order valence-electron chi connectivity index (χ1n) is 4.10. The molecule has 0 N–H and O–H groups in total. The molecule has 0 radical (unpaired) electrons. The van der Waals surface area contributed by atoms with Gasteiger partial charge in [-0.3, -0.25) is 9.59 Å². The molecule has 0 saturated heterocycles. The fourth-order valence-electron chi connectivity index (χ4n) is 1.33. The molecule has 17 heavy (non-hydrogen) atoms. The number of hydrogen-bond acceptors (Lipinski definition) is 2. The van der Waals surface area contributed by atoms with Crippen LogP contribution in [0.4, 0.5) is 30.7 Å². The fourth-order valence-corrected chi connectivity index (χ4v) is 1.33. The highest BCUT2D eigenvalue weighted by atomic mass is 19.4. The molecule has 0 aromatic heterocycles. The number of alkyl halides is 7. The second kappa shape index (κ2) is 4.26. The molecule has 100 valence electrons. The van der Waals surface area contributed by atoms with Crippen molar-refractivity contribution < 1.29 is 40.3 Å². The summed E-state index contributed by atoms with van der Waals surface area (Å²) in [5.74, 6) is -7.12. The summed E-state index contributed by atoms with van der Waals surface area (Å²) in [5.41, 5.74) is -5.86. The maximum Gasteiger partial charge on any atom is 0.432 e. The fraction of sp³-hybridized carbons (Fsp3) is 0.750. The van der Waals surface area contributed by atoms with Crippen LogP contribution < -0.4 is 0 Å². The van der Waals surface area contributed by atoms with E-state index in [1.807, 2.05) is 0 Å². The largest absolute Gasteiger partial charge is 0.432 e. The average Bonchev–Trinajstić information content (AvgIpc) is 1.97. The van der Waals surface area contributed by atoms with E-state index in [9.17, 15) is 40.3 Å². The van der Waals surface area contributed by atoms with Crippen molar-refractivity contribution in [2.24, 2.45) is 5.92 Å². The number of carbonyl (C=O) groups is 2. The lowest BCUT2D eigenvalue weighted by Gasteiger charge is -2.34. The van der Waals surface area contributed by atoms with E-state index in [-0.39, 0.29) is 13.8 Å². The van der Waals surface area contributed by atoms with E-state index in [0.29, 0.717) is 0 Å². The van der Waals surface area contributed by atoms with Crippen LogP contribution in [-0.2, 0) is 9.59 Å². The molecule has 0 unspecified atom stereocenters. The van der Waals surface area contributed by atoms with Gasteiger partial charge >= 0.3 is 18.0 Å². The minimum absolute atomic E-state index is 0.290. The Hall–Kier alpha value is -1.15. The quantitative estimate of drug-likeness (QED) is 0.582. The van der Waals surface area contributed by atoms with E-state index in [1.54, 1.807) is 0 Å². The highest BCUT2D eigenvalue weighted by Gasteiger charge is 2.77. The van der Waals surface area contributed by atoms with Crippen molar-refractivity contribution in [3.05, 3.63) is 0 Å². The summed E-state index contributed by atoms with van der Waals surface area (Å²) in [6, 6.07) is 0. The summed E-state index contributed by atoms with van der Waals surface area (Å²) < 4.78 is 86.3. The van der Waals surface area contributed by atoms with Gasteiger partial charge < -0.3 is 0 Å². The molecule has 0 rings (SSSR count). The Morgan fingerprint density at radius 1 is 0.765 bits per heavy atom. The Morgan fingerprint density at radius 2 is 1.00 bits per heavy atom. The van der Waals surface area contributed by atoms with Crippen molar-refractivity contribution in [1.29, 1.82) is 0 Å². The van der Waals surface area contributed by atoms with Crippen LogP contribution in [-0.4, -0.2) is 29.6 Å². The molecule has 0 spiro atoms. The lowest BCUT2D eigenvalue weighted by Crippen LogP contribution is -2.61. The zero-order valence-electron chi connectivity index (χ0n) is 8.54. The molecule has 9 heteroatoms. The third kappa shape index (κ3) is 2.58. The smallest absolute Gasteiger partial charge is 0.299 e. The van der Waals surface area contributed by atoms with Gasteiger partial charge in [-0.05, 0) is 13.8 Å². The summed E-state index contributed by atoms with van der Waals surface area (Å²) in [5, 5.41) is 0. The van der Waals surface area contributed by atoms with Crippen molar-refractivity contribution in [2.75, 3.05) is 0 Å². The van der Waals surface area contributed by atoms with Crippen LogP contribution in [0.5, 0.6) is 0 Å². The highest BCUT2D eigenvalue weighted by molar-refractivity contribution is 6.01. The number of Topliss-reactive ketones (excluding diaryl/α,β-unsaturated/α-hetero) is 2. The molecule has 0 aliphatic carbocycles. The van der Waals surface area contributed by atoms with Gasteiger partial charge in [-0.15, -0.1) is 0 Å². The molecule has 0 atom stereocenters. The Morgan fingerprint density at radius 3 is 1.06 bits per heavy atom. The molecule has 0 bridgehead atoms. The predicted octanol–water partition coefficient (Wildman–Crippen LogP) is 2.61. The molecule has 0 saturated carbocycles. The standard InChI is InChI=1S/C8H7F7O2/c1-3(16)5(4(2)17)6(9,7(10,11)12)8(13,14)15/h5H,1-2H3. The van der Waals surface area contributed by atoms with Crippen molar-refractivity contribution in [1.82, 2.24) is 0 Å². The summed E-state index contributed by atoms with van der Waals surface area (Å²) in [6.07, 6.45) is -12.8. The second-order valence-electron chi connectivity index (χ2n) is 3.36. The molecule has 0 aromatic rings. The maximum absolute atomic E-state index is 13.3. The Bertz CT molecular complexity index is 300. The predicted molar refractivity (Wildman–Crippen MR) is 40.8 cm³/mol. The normalized spacial score (nSPS) is 14.0. The molecule has 0 fully saturated rings. The first-order chi connectivity index (χ1) is 7.26. The Balaban J connectivity index is 5.96. The van der Waals surface area contributed by atoms with Crippen molar-refractivity contribution in [3.8, 4) is 0 Å². The van der Waals surface area contributed by atoms with Crippen LogP contribution >= 0.6 is 0 Å². The molecule has 0 heterocycles. The molecule has 0 aliphatic heterocycles. The number of hydrogen-bond donors (Lipinski definition) is 0. The number of ketones is 2. The number of rotatable bonds is 3. The van der Waals surface area contributed by atoms with Gasteiger partial charge in [0.15, 0.2) is 0 Å². The SMILES string of the molecule is CC(=O)C(C(C)=O)C(F)(C(F)(F)F)C(F)(F)F. The average molecular weight is 268 g/mol. The first-order valence-corrected chi connectivity index (χ1v) is 4.10. The Kier molecular flexibility index (Phi) is 3.97. The van der Waals surface area contributed by atoms with Crippen LogP contribution in [0.25, 0.3) is 0 Å². The lowest BCUT2D eigenvalue weighted by atomic mass is 9.82. The third-order valence-electron chi connectivity index (χ3n) is 2.04. The molecule has 2 nitrogen and oxygen atoms in total. The van der Waals surface area contributed by atoms with Crippen molar-refractivity contribution >= 4 is 11.6 Å². The molecule has 0 aliphatic rings. The number of carbonyl (C=O) groups excluding carboxylic acids is 2. The van der Waals surface area contributed by atoms with E-state index in [1.165, 1.54) is 0 Å². The van der Waals surface area contributed by atoms with Crippen LogP contribution in [0.15, 0.2) is 0 Å². The molecule has 0 aromatic carbocycles. The summed E-state index contributed by atoms with van der Waals surface area (Å²) in [7, 11) is 0. The van der Waals surface area contributed by atoms with Gasteiger partial charge in [0, 0.05) is 0 Å². The van der Waals surface area contributed by atoms with Gasteiger partial charge in [-0.1, -0.05) is 0 Å². The van der Waals surface area contributed by atoms with Gasteiger partial charge in [-0.2, -0.15) is 26.3 Å². The zero-order chi connectivity index (χ0) is 14.2. The van der Waals surface area contributed by atoms with E-state index >= 15 is 0 Å². The minimum Gasteiger partial charge on any atom is -0.299 e. The summed E-state index contributed by atoms with van der Waals surface area (Å²) in [6.45, 7) is 0.579. The Labute approximate surface area is 90.8 Å². The van der Waals surface area contributed by atoms with E-state index in [4.69, 9.17) is 0 Å². The van der Waals surface area contributed by atoms with Crippen LogP contribution in [0, 0.1) is 5.92 Å². The van der Waals surface area contributed by atoms with Gasteiger partial charge in [0.05, 0.1) is 0 Å². The topological polar surface area (TPSA) is 34.1 Å². The van der Waals surface area contributed by atoms with E-state index in [2.05, 4.69) is 0 Å². The number of halogens is 7. The summed E-state index contributed by atoms with van der Waals surface area (Å²) >= 11 is 0. The monoisotopic (exact) mass is 268 g/mol. The van der Waals surface area contributed by atoms with Crippen molar-refractivity contribution in [3.63, 3.8) is 0 Å². The highest BCUT2D eigenvalue weighted by Crippen LogP contribution is 2.51. The van der Waals surface area contributed by atoms with Crippen molar-refractivity contribution in [2.45, 2.75) is 31.9 Å². The molecular formula is C8H7F7O2. The van der Waals surface area contributed by atoms with Gasteiger partial charge in [0.1, 0.15) is 17.5 Å². The third-order valence-corrected chi connectivity index (χ3v) is 2.04. The van der Waals surface area contributed by atoms with Gasteiger partial charge in [-0.25, -0.2) is 4.39 Å². The molecule has 0 amide bonds. The second-order valence-corrected chi connectivity index (χ2v) is 3.36. The van der Waals surface area contributed by atoms with Gasteiger partial charge in [0.2, 0.25) is 0 Å². The van der Waals surface area contributed by atoms with Crippen LogP contribution in [0.2, 0.25) is 0 Å². The van der Waals surface area contributed by atoms with Gasteiger partial charge in [0.25, 0.3) is 0 Å². The van der Waals surface area contributed by atoms with E-state index < -0.39 is 35.5 Å². The zero-order valence-corrected chi connectivity index (χ0v) is 8.54. The van der Waals surface area contributed by atoms with Crippen LogP contribution in [0.3, 0.4) is 0 Å². The first kappa shape index (κ1) is 15.9. The summed E-state index contributed by atoms with van der Waals surface area (Å²) in [4.78, 5) is 21.3.